The Morgan fingerprint density at radius 1 is 1.26 bits per heavy atom. The molecule has 0 spiro atoms. The minimum atomic E-state index is -1.21. The van der Waals surface area contributed by atoms with Gasteiger partial charge in [-0.2, -0.15) is 10.2 Å². The Morgan fingerprint density at radius 2 is 2.15 bits per heavy atom. The zero-order valence-electron chi connectivity index (χ0n) is 19.9. The van der Waals surface area contributed by atoms with E-state index in [2.05, 4.69) is 15.1 Å². The maximum atomic E-state index is 15.2. The fourth-order valence-corrected chi connectivity index (χ4v) is 5.12. The number of carbonyl (C=O) groups excluding carboxylic acids is 1. The van der Waals surface area contributed by atoms with Gasteiger partial charge in [-0.25, -0.2) is 4.39 Å². The van der Waals surface area contributed by atoms with Crippen molar-refractivity contribution < 1.29 is 13.9 Å². The lowest BCUT2D eigenvalue weighted by Crippen LogP contribution is -2.35. The zero-order chi connectivity index (χ0) is 23.7. The highest BCUT2D eigenvalue weighted by Crippen LogP contribution is 2.33. The molecular formula is C25H33FN6O2. The average molecular weight is 469 g/mol. The Hall–Kier alpha value is -2.94. The molecule has 34 heavy (non-hydrogen) atoms. The molecule has 4 heterocycles. The van der Waals surface area contributed by atoms with Crippen LogP contribution in [0.25, 0.3) is 5.57 Å². The van der Waals surface area contributed by atoms with Crippen LogP contribution in [0.15, 0.2) is 30.6 Å². The molecule has 0 aromatic carbocycles. The molecule has 2 aromatic heterocycles. The van der Waals surface area contributed by atoms with Crippen LogP contribution in [0.5, 0.6) is 0 Å². The third-order valence-electron chi connectivity index (χ3n) is 7.06. The van der Waals surface area contributed by atoms with E-state index < -0.39 is 12.2 Å². The van der Waals surface area contributed by atoms with Crippen molar-refractivity contribution in [2.45, 2.75) is 63.8 Å². The molecule has 1 N–H and O–H groups in total. The third-order valence-corrected chi connectivity index (χ3v) is 7.06. The van der Waals surface area contributed by atoms with E-state index >= 15 is 4.39 Å². The lowest BCUT2D eigenvalue weighted by molar-refractivity contribution is -0.129. The predicted molar refractivity (Wildman–Crippen MR) is 128 cm³/mol. The van der Waals surface area contributed by atoms with Gasteiger partial charge in [-0.1, -0.05) is 12.2 Å². The number of hydrogen-bond acceptors (Lipinski definition) is 5. The standard InChI is InChI=1S/C25H33FN6O2/c1-17(33)31-10-8-24-21(16-31)25(29-32(24)20-5-3-4-11-34-12-9-20)28-23-7-6-18(13-22(23)26)19-14-27-30(2)15-19/h6-7,13-15,20,22-23H,3-5,8-12,16H2,1-2H3,(H,28,29). The number of nitrogens with zero attached hydrogens (tertiary/aromatic N) is 5. The number of carbonyl (C=O) groups is 1. The van der Waals surface area contributed by atoms with E-state index in [1.165, 1.54) is 0 Å². The van der Waals surface area contributed by atoms with E-state index in [-0.39, 0.29) is 11.9 Å². The van der Waals surface area contributed by atoms with Gasteiger partial charge in [-0.05, 0) is 37.3 Å². The smallest absolute Gasteiger partial charge is 0.219 e. The number of ether oxygens (including phenoxy) is 1. The maximum absolute atomic E-state index is 15.2. The van der Waals surface area contributed by atoms with Crippen LogP contribution in [0.2, 0.25) is 0 Å². The summed E-state index contributed by atoms with van der Waals surface area (Å²) >= 11 is 0. The maximum Gasteiger partial charge on any atom is 0.219 e. The van der Waals surface area contributed by atoms with Gasteiger partial charge in [0.05, 0.1) is 24.8 Å². The van der Waals surface area contributed by atoms with E-state index in [0.717, 1.165) is 67.7 Å². The summed E-state index contributed by atoms with van der Waals surface area (Å²) < 4.78 is 24.8. The Bertz CT molecular complexity index is 1100. The number of alkyl halides is 1. The topological polar surface area (TPSA) is 77.2 Å². The van der Waals surface area contributed by atoms with Crippen molar-refractivity contribution in [1.29, 1.82) is 0 Å². The first-order valence-corrected chi connectivity index (χ1v) is 12.2. The first-order valence-electron chi connectivity index (χ1n) is 12.2. The van der Waals surface area contributed by atoms with Gasteiger partial charge in [0, 0.05) is 63.2 Å². The van der Waals surface area contributed by atoms with Gasteiger partial charge in [0.2, 0.25) is 5.91 Å². The lowest BCUT2D eigenvalue weighted by Gasteiger charge is -2.29. The fraction of sp³-hybridized carbons (Fsp3) is 0.560. The van der Waals surface area contributed by atoms with Crippen molar-refractivity contribution in [2.24, 2.45) is 7.05 Å². The summed E-state index contributed by atoms with van der Waals surface area (Å²) in [6, 6.07) is -0.269. The van der Waals surface area contributed by atoms with Gasteiger partial charge >= 0.3 is 0 Å². The highest BCUT2D eigenvalue weighted by Gasteiger charge is 2.31. The van der Waals surface area contributed by atoms with E-state index in [1.807, 2.05) is 30.3 Å². The number of hydrogen-bond donors (Lipinski definition) is 1. The Labute approximate surface area is 199 Å². The average Bonchev–Trinajstić information content (AvgIpc) is 3.38. The summed E-state index contributed by atoms with van der Waals surface area (Å²) in [7, 11) is 1.85. The number of aryl methyl sites for hydroxylation is 1. The van der Waals surface area contributed by atoms with Gasteiger partial charge in [0.15, 0.2) is 5.82 Å². The first-order chi connectivity index (χ1) is 16.5. The molecule has 1 saturated heterocycles. The van der Waals surface area contributed by atoms with Crippen molar-refractivity contribution in [3.05, 3.63) is 47.4 Å². The monoisotopic (exact) mass is 468 g/mol. The van der Waals surface area contributed by atoms with Gasteiger partial charge < -0.3 is 15.0 Å². The van der Waals surface area contributed by atoms with Crippen molar-refractivity contribution in [3.63, 3.8) is 0 Å². The number of amides is 1. The molecule has 5 rings (SSSR count). The van der Waals surface area contributed by atoms with Crippen molar-refractivity contribution in [1.82, 2.24) is 24.5 Å². The molecule has 1 amide bonds. The SMILES string of the molecule is CC(=O)N1CCc2c(c(NC3C=CC(c4cnn(C)c4)=CC3F)nn2C2CCCCOCC2)C1. The molecule has 3 unspecified atom stereocenters. The predicted octanol–water partition coefficient (Wildman–Crippen LogP) is 3.42. The molecule has 0 bridgehead atoms. The number of aromatic nitrogens is 4. The quantitative estimate of drug-likeness (QED) is 0.744. The molecule has 2 aromatic rings. The number of rotatable bonds is 4. The van der Waals surface area contributed by atoms with Gasteiger partial charge in [-0.15, -0.1) is 0 Å². The number of halogens is 1. The van der Waals surface area contributed by atoms with Crippen LogP contribution in [-0.4, -0.2) is 62.3 Å². The molecule has 8 nitrogen and oxygen atoms in total. The number of fused-ring (bicyclic) bond motifs is 1. The summed E-state index contributed by atoms with van der Waals surface area (Å²) in [6.45, 7) is 4.33. The molecule has 1 fully saturated rings. The van der Waals surface area contributed by atoms with Crippen LogP contribution in [0, 0.1) is 0 Å². The largest absolute Gasteiger partial charge is 0.381 e. The molecule has 2 aliphatic heterocycles. The van der Waals surface area contributed by atoms with Crippen molar-refractivity contribution >= 4 is 17.3 Å². The molecule has 182 valence electrons. The van der Waals surface area contributed by atoms with E-state index in [0.29, 0.717) is 18.9 Å². The van der Waals surface area contributed by atoms with E-state index in [9.17, 15) is 4.79 Å². The Kier molecular flexibility index (Phi) is 6.54. The normalized spacial score (nSPS) is 25.3. The fourth-order valence-electron chi connectivity index (χ4n) is 5.12. The number of anilines is 1. The van der Waals surface area contributed by atoms with Gasteiger partial charge in [0.1, 0.15) is 6.17 Å². The molecule has 0 saturated carbocycles. The van der Waals surface area contributed by atoms with E-state index in [4.69, 9.17) is 9.84 Å². The van der Waals surface area contributed by atoms with Crippen LogP contribution in [-0.2, 0) is 29.5 Å². The Morgan fingerprint density at radius 3 is 2.91 bits per heavy atom. The third kappa shape index (κ3) is 4.66. The summed E-state index contributed by atoms with van der Waals surface area (Å²) in [5.74, 6) is 0.730. The highest BCUT2D eigenvalue weighted by molar-refractivity contribution is 5.76. The van der Waals surface area contributed by atoms with E-state index in [1.54, 1.807) is 23.9 Å². The minimum Gasteiger partial charge on any atom is -0.381 e. The molecule has 3 atom stereocenters. The van der Waals surface area contributed by atoms with Gasteiger partial charge in [0.25, 0.3) is 0 Å². The molecule has 1 aliphatic carbocycles. The summed E-state index contributed by atoms with van der Waals surface area (Å²) in [5, 5.41) is 12.5. The number of allylic oxidation sites excluding steroid dienone is 2. The van der Waals surface area contributed by atoms with Crippen LogP contribution >= 0.6 is 0 Å². The first kappa shape index (κ1) is 22.8. The Balaban J connectivity index is 1.41. The summed E-state index contributed by atoms with van der Waals surface area (Å²) in [6.07, 6.45) is 12.7. The zero-order valence-corrected chi connectivity index (χ0v) is 19.9. The second-order valence-electron chi connectivity index (χ2n) is 9.46. The van der Waals surface area contributed by atoms with Crippen LogP contribution in [0.4, 0.5) is 10.2 Å². The lowest BCUT2D eigenvalue weighted by atomic mass is 9.97. The van der Waals surface area contributed by atoms with Crippen LogP contribution in [0.1, 0.15) is 55.5 Å². The van der Waals surface area contributed by atoms with Crippen LogP contribution in [0.3, 0.4) is 0 Å². The van der Waals surface area contributed by atoms with Gasteiger partial charge in [-0.3, -0.25) is 14.2 Å². The summed E-state index contributed by atoms with van der Waals surface area (Å²) in [5.41, 5.74) is 3.88. The second kappa shape index (κ2) is 9.74. The minimum absolute atomic E-state index is 0.0497. The molecule has 0 radical (unpaired) electrons. The molecule has 9 heteroatoms. The highest BCUT2D eigenvalue weighted by atomic mass is 19.1. The van der Waals surface area contributed by atoms with Crippen molar-refractivity contribution in [3.8, 4) is 0 Å². The molecular weight excluding hydrogens is 435 g/mol. The second-order valence-corrected chi connectivity index (χ2v) is 9.46. The van der Waals surface area contributed by atoms with Crippen LogP contribution < -0.4 is 5.32 Å². The number of nitrogens with one attached hydrogen (secondary N) is 1. The van der Waals surface area contributed by atoms with Crippen molar-refractivity contribution in [2.75, 3.05) is 25.1 Å². The molecule has 3 aliphatic rings. The summed E-state index contributed by atoms with van der Waals surface area (Å²) in [4.78, 5) is 13.9.